The highest BCUT2D eigenvalue weighted by atomic mass is 16.5. The zero-order chi connectivity index (χ0) is 11.4. The van der Waals surface area contributed by atoms with Gasteiger partial charge in [-0.3, -0.25) is 4.79 Å². The van der Waals surface area contributed by atoms with Gasteiger partial charge >= 0.3 is 0 Å². The Bertz CT molecular complexity index is 482. The van der Waals surface area contributed by atoms with E-state index in [2.05, 4.69) is 25.0 Å². The van der Waals surface area contributed by atoms with E-state index in [0.29, 0.717) is 11.5 Å². The van der Waals surface area contributed by atoms with Gasteiger partial charge in [-0.25, -0.2) is 4.98 Å². The molecule has 0 radical (unpaired) electrons. The zero-order valence-electron chi connectivity index (χ0n) is 8.25. The van der Waals surface area contributed by atoms with Crippen molar-refractivity contribution in [2.45, 2.75) is 6.54 Å². The molecule has 0 spiro atoms. The normalized spacial score (nSPS) is 10.0. The molecule has 0 unspecified atom stereocenters. The smallest absolute Gasteiger partial charge is 0.272 e. The van der Waals surface area contributed by atoms with Crippen LogP contribution in [0.3, 0.4) is 0 Å². The van der Waals surface area contributed by atoms with E-state index < -0.39 is 0 Å². The SMILES string of the molecule is Nc1cccnc1C(=O)NCc1ncon1. The summed E-state index contributed by atoms with van der Waals surface area (Å²) in [7, 11) is 0. The van der Waals surface area contributed by atoms with Crippen LogP contribution in [0.15, 0.2) is 29.2 Å². The first-order valence-electron chi connectivity index (χ1n) is 4.51. The van der Waals surface area contributed by atoms with E-state index in [4.69, 9.17) is 5.73 Å². The average molecular weight is 219 g/mol. The number of pyridine rings is 1. The number of nitrogens with two attached hydrogens (primary N) is 1. The topological polar surface area (TPSA) is 107 Å². The summed E-state index contributed by atoms with van der Waals surface area (Å²) in [6.45, 7) is 0.172. The summed E-state index contributed by atoms with van der Waals surface area (Å²) < 4.78 is 4.52. The minimum Gasteiger partial charge on any atom is -0.397 e. The molecule has 2 heterocycles. The van der Waals surface area contributed by atoms with Crippen molar-refractivity contribution >= 4 is 11.6 Å². The minimum atomic E-state index is -0.372. The summed E-state index contributed by atoms with van der Waals surface area (Å²) in [5.74, 6) is 0.0192. The highest BCUT2D eigenvalue weighted by molar-refractivity contribution is 5.96. The molecule has 0 aromatic carbocycles. The van der Waals surface area contributed by atoms with Crippen molar-refractivity contribution in [2.75, 3.05) is 5.73 Å². The van der Waals surface area contributed by atoms with E-state index in [0.717, 1.165) is 0 Å². The van der Waals surface area contributed by atoms with E-state index in [1.165, 1.54) is 12.6 Å². The number of hydrogen-bond donors (Lipinski definition) is 2. The Morgan fingerprint density at radius 1 is 1.50 bits per heavy atom. The van der Waals surface area contributed by atoms with Gasteiger partial charge in [0.25, 0.3) is 5.91 Å². The molecular formula is C9H9N5O2. The molecule has 0 saturated heterocycles. The largest absolute Gasteiger partial charge is 0.397 e. The lowest BCUT2D eigenvalue weighted by molar-refractivity contribution is 0.0945. The van der Waals surface area contributed by atoms with Gasteiger partial charge in [-0.1, -0.05) is 5.16 Å². The molecule has 2 aromatic rings. The molecule has 0 aliphatic rings. The van der Waals surface area contributed by atoms with Crippen LogP contribution >= 0.6 is 0 Å². The van der Waals surface area contributed by atoms with Gasteiger partial charge < -0.3 is 15.6 Å². The van der Waals surface area contributed by atoms with Crippen LogP contribution in [0.4, 0.5) is 5.69 Å². The second-order valence-electron chi connectivity index (χ2n) is 2.97. The molecule has 3 N–H and O–H groups in total. The molecular weight excluding hydrogens is 210 g/mol. The number of nitrogen functional groups attached to an aromatic ring is 1. The van der Waals surface area contributed by atoms with Gasteiger partial charge in [0.2, 0.25) is 6.39 Å². The summed E-state index contributed by atoms with van der Waals surface area (Å²) in [4.78, 5) is 19.3. The maximum absolute atomic E-state index is 11.6. The Morgan fingerprint density at radius 3 is 3.06 bits per heavy atom. The van der Waals surface area contributed by atoms with Gasteiger partial charge in [-0.05, 0) is 12.1 Å². The third kappa shape index (κ3) is 2.14. The number of amides is 1. The highest BCUT2D eigenvalue weighted by Crippen LogP contribution is 2.06. The van der Waals surface area contributed by atoms with Crippen LogP contribution in [0.2, 0.25) is 0 Å². The average Bonchev–Trinajstić information content (AvgIpc) is 2.79. The first kappa shape index (κ1) is 10.1. The number of carbonyl (C=O) groups is 1. The van der Waals surface area contributed by atoms with Crippen LogP contribution in [0, 0.1) is 0 Å². The second-order valence-corrected chi connectivity index (χ2v) is 2.97. The van der Waals surface area contributed by atoms with Crippen molar-refractivity contribution in [3.05, 3.63) is 36.2 Å². The fraction of sp³-hybridized carbons (Fsp3) is 0.111. The van der Waals surface area contributed by atoms with Crippen LogP contribution in [0.5, 0.6) is 0 Å². The van der Waals surface area contributed by atoms with Crippen molar-refractivity contribution in [3.63, 3.8) is 0 Å². The maximum Gasteiger partial charge on any atom is 0.272 e. The number of carbonyl (C=O) groups excluding carboxylic acids is 1. The molecule has 0 fully saturated rings. The highest BCUT2D eigenvalue weighted by Gasteiger charge is 2.10. The number of nitrogens with zero attached hydrogens (tertiary/aromatic N) is 3. The van der Waals surface area contributed by atoms with Gasteiger partial charge in [-0.15, -0.1) is 0 Å². The van der Waals surface area contributed by atoms with E-state index in [1.807, 2.05) is 0 Å². The van der Waals surface area contributed by atoms with Gasteiger partial charge in [-0.2, -0.15) is 4.98 Å². The Kier molecular flexibility index (Phi) is 2.77. The van der Waals surface area contributed by atoms with Crippen LogP contribution in [0.25, 0.3) is 0 Å². The first-order chi connectivity index (χ1) is 7.77. The molecule has 2 aromatic heterocycles. The summed E-state index contributed by atoms with van der Waals surface area (Å²) in [5, 5.41) is 6.13. The lowest BCUT2D eigenvalue weighted by Crippen LogP contribution is -2.25. The minimum absolute atomic E-state index is 0.172. The quantitative estimate of drug-likeness (QED) is 0.751. The Hall–Kier alpha value is -2.44. The van der Waals surface area contributed by atoms with Crippen LogP contribution in [-0.4, -0.2) is 21.0 Å². The molecule has 0 aliphatic carbocycles. The third-order valence-corrected chi connectivity index (χ3v) is 1.87. The molecule has 2 rings (SSSR count). The molecule has 82 valence electrons. The number of anilines is 1. The fourth-order valence-electron chi connectivity index (χ4n) is 1.12. The molecule has 1 amide bonds. The van der Waals surface area contributed by atoms with Gasteiger partial charge in [0, 0.05) is 6.20 Å². The molecule has 0 atom stereocenters. The summed E-state index contributed by atoms with van der Waals surface area (Å²) in [6.07, 6.45) is 2.69. The molecule has 0 aliphatic heterocycles. The summed E-state index contributed by atoms with van der Waals surface area (Å²) in [5.41, 5.74) is 6.11. The van der Waals surface area contributed by atoms with Crippen molar-refractivity contribution in [1.29, 1.82) is 0 Å². The van der Waals surface area contributed by atoms with Crippen LogP contribution < -0.4 is 11.1 Å². The van der Waals surface area contributed by atoms with Gasteiger partial charge in [0.05, 0.1) is 12.2 Å². The van der Waals surface area contributed by atoms with Crippen molar-refractivity contribution in [1.82, 2.24) is 20.4 Å². The summed E-state index contributed by atoms with van der Waals surface area (Å²) in [6, 6.07) is 3.27. The number of rotatable bonds is 3. The predicted molar refractivity (Wildman–Crippen MR) is 54.1 cm³/mol. The monoisotopic (exact) mass is 219 g/mol. The standard InChI is InChI=1S/C9H9N5O2/c10-6-2-1-3-11-8(6)9(15)12-4-7-13-5-16-14-7/h1-3,5H,4,10H2,(H,12,15). The number of hydrogen-bond acceptors (Lipinski definition) is 6. The van der Waals surface area contributed by atoms with E-state index >= 15 is 0 Å². The number of aromatic nitrogens is 3. The van der Waals surface area contributed by atoms with Gasteiger partial charge in [0.1, 0.15) is 0 Å². The van der Waals surface area contributed by atoms with Crippen molar-refractivity contribution in [2.24, 2.45) is 0 Å². The third-order valence-electron chi connectivity index (χ3n) is 1.87. The second kappa shape index (κ2) is 4.39. The molecule has 16 heavy (non-hydrogen) atoms. The van der Waals surface area contributed by atoms with Crippen molar-refractivity contribution < 1.29 is 9.32 Å². The Labute approximate surface area is 90.7 Å². The molecule has 7 nitrogen and oxygen atoms in total. The first-order valence-corrected chi connectivity index (χ1v) is 4.51. The molecule has 7 heteroatoms. The van der Waals surface area contributed by atoms with Gasteiger partial charge in [0.15, 0.2) is 11.5 Å². The van der Waals surface area contributed by atoms with E-state index in [-0.39, 0.29) is 18.1 Å². The van der Waals surface area contributed by atoms with Crippen LogP contribution in [-0.2, 0) is 6.54 Å². The van der Waals surface area contributed by atoms with Crippen LogP contribution in [0.1, 0.15) is 16.3 Å². The Morgan fingerprint density at radius 2 is 2.38 bits per heavy atom. The fourth-order valence-corrected chi connectivity index (χ4v) is 1.12. The maximum atomic E-state index is 11.6. The number of nitrogens with one attached hydrogen (secondary N) is 1. The molecule has 0 saturated carbocycles. The lowest BCUT2D eigenvalue weighted by atomic mass is 10.3. The predicted octanol–water partition coefficient (Wildman–Crippen LogP) is -0.0232. The summed E-state index contributed by atoms with van der Waals surface area (Å²) >= 11 is 0. The van der Waals surface area contributed by atoms with E-state index in [1.54, 1.807) is 12.1 Å². The van der Waals surface area contributed by atoms with Crippen molar-refractivity contribution in [3.8, 4) is 0 Å². The lowest BCUT2D eigenvalue weighted by Gasteiger charge is -2.03. The Balaban J connectivity index is 2.01. The zero-order valence-corrected chi connectivity index (χ0v) is 8.25. The van der Waals surface area contributed by atoms with E-state index in [9.17, 15) is 4.79 Å². The molecule has 0 bridgehead atoms.